The molecular weight excluding hydrogens is 351 g/mol. The Hall–Kier alpha value is -1.30. The molecule has 0 bridgehead atoms. The summed E-state index contributed by atoms with van der Waals surface area (Å²) in [5, 5.41) is 21.9. The number of benzene rings is 1. The fourth-order valence-electron chi connectivity index (χ4n) is 2.41. The van der Waals surface area contributed by atoms with Gasteiger partial charge >= 0.3 is 6.18 Å². The molecule has 4 nitrogen and oxygen atoms in total. The molecule has 1 saturated heterocycles. The Balaban J connectivity index is 2.51. The Morgan fingerprint density at radius 1 is 1.33 bits per heavy atom. The van der Waals surface area contributed by atoms with Crippen molar-refractivity contribution >= 4 is 15.9 Å². The molecule has 2 rings (SSSR count). The SMILES string of the molecule is N#Cc1cc(Br)c(O)c([C@H](N2CCNCC2)C(F)(F)F)c1. The van der Waals surface area contributed by atoms with E-state index in [9.17, 15) is 18.3 Å². The van der Waals surface area contributed by atoms with Gasteiger partial charge in [0, 0.05) is 31.7 Å². The minimum Gasteiger partial charge on any atom is -0.506 e. The van der Waals surface area contributed by atoms with Crippen molar-refractivity contribution in [3.05, 3.63) is 27.7 Å². The summed E-state index contributed by atoms with van der Waals surface area (Å²) in [6.45, 7) is 1.34. The number of hydrogen-bond acceptors (Lipinski definition) is 4. The summed E-state index contributed by atoms with van der Waals surface area (Å²) >= 11 is 3.00. The summed E-state index contributed by atoms with van der Waals surface area (Å²) in [4.78, 5) is 1.26. The summed E-state index contributed by atoms with van der Waals surface area (Å²) in [6, 6.07) is 2.27. The Bertz CT molecular complexity index is 565. The second-order valence-electron chi connectivity index (χ2n) is 4.74. The Labute approximate surface area is 128 Å². The largest absolute Gasteiger partial charge is 0.506 e. The van der Waals surface area contributed by atoms with E-state index < -0.39 is 18.0 Å². The number of phenols is 1. The fraction of sp³-hybridized carbons (Fsp3) is 0.462. The lowest BCUT2D eigenvalue weighted by molar-refractivity contribution is -0.188. The lowest BCUT2D eigenvalue weighted by Crippen LogP contribution is -2.49. The van der Waals surface area contributed by atoms with Crippen molar-refractivity contribution in [1.82, 2.24) is 10.2 Å². The maximum Gasteiger partial charge on any atom is 0.408 e. The van der Waals surface area contributed by atoms with Crippen LogP contribution < -0.4 is 5.32 Å². The van der Waals surface area contributed by atoms with E-state index in [1.165, 1.54) is 11.0 Å². The molecule has 1 aliphatic heterocycles. The standard InChI is InChI=1S/C13H13BrF3N3O/c14-10-6-8(7-18)5-9(11(10)21)12(13(15,16)17)20-3-1-19-2-4-20/h5-6,12,19,21H,1-4H2/t12-/m0/s1. The third-order valence-corrected chi connectivity index (χ3v) is 3.95. The average molecular weight is 364 g/mol. The van der Waals surface area contributed by atoms with E-state index in [4.69, 9.17) is 5.26 Å². The van der Waals surface area contributed by atoms with Crippen LogP contribution in [0.25, 0.3) is 0 Å². The highest BCUT2D eigenvalue weighted by atomic mass is 79.9. The van der Waals surface area contributed by atoms with Gasteiger partial charge in [0.15, 0.2) is 0 Å². The zero-order valence-electron chi connectivity index (χ0n) is 10.9. The third kappa shape index (κ3) is 3.48. The maximum atomic E-state index is 13.5. The number of piperazine rings is 1. The molecule has 0 spiro atoms. The van der Waals surface area contributed by atoms with E-state index in [0.29, 0.717) is 13.1 Å². The average Bonchev–Trinajstić information content (AvgIpc) is 2.43. The quantitative estimate of drug-likeness (QED) is 0.847. The van der Waals surface area contributed by atoms with E-state index in [1.807, 2.05) is 0 Å². The van der Waals surface area contributed by atoms with Crippen LogP contribution in [0.2, 0.25) is 0 Å². The summed E-state index contributed by atoms with van der Waals surface area (Å²) < 4.78 is 40.5. The predicted molar refractivity (Wildman–Crippen MR) is 73.8 cm³/mol. The first-order chi connectivity index (χ1) is 9.84. The van der Waals surface area contributed by atoms with Gasteiger partial charge in [-0.2, -0.15) is 18.4 Å². The van der Waals surface area contributed by atoms with Crippen LogP contribution in [0, 0.1) is 11.3 Å². The van der Waals surface area contributed by atoms with Crippen molar-refractivity contribution in [2.24, 2.45) is 0 Å². The first kappa shape index (κ1) is 16.1. The van der Waals surface area contributed by atoms with Crippen LogP contribution in [0.5, 0.6) is 5.75 Å². The predicted octanol–water partition coefficient (Wildman–Crippen LogP) is 2.53. The van der Waals surface area contributed by atoms with Crippen molar-refractivity contribution in [2.45, 2.75) is 12.2 Å². The monoisotopic (exact) mass is 363 g/mol. The van der Waals surface area contributed by atoms with Crippen molar-refractivity contribution in [2.75, 3.05) is 26.2 Å². The van der Waals surface area contributed by atoms with Crippen molar-refractivity contribution in [1.29, 1.82) is 5.26 Å². The molecule has 0 aromatic heterocycles. The zero-order chi connectivity index (χ0) is 15.6. The van der Waals surface area contributed by atoms with Crippen molar-refractivity contribution < 1.29 is 18.3 Å². The lowest BCUT2D eigenvalue weighted by atomic mass is 10.0. The highest BCUT2D eigenvalue weighted by molar-refractivity contribution is 9.10. The summed E-state index contributed by atoms with van der Waals surface area (Å²) in [5.41, 5.74) is -0.227. The van der Waals surface area contributed by atoms with Gasteiger partial charge < -0.3 is 10.4 Å². The van der Waals surface area contributed by atoms with Gasteiger partial charge in [0.25, 0.3) is 0 Å². The molecule has 2 N–H and O–H groups in total. The lowest BCUT2D eigenvalue weighted by Gasteiger charge is -2.36. The summed E-state index contributed by atoms with van der Waals surface area (Å²) in [5.74, 6) is -0.477. The second-order valence-corrected chi connectivity index (χ2v) is 5.59. The van der Waals surface area contributed by atoms with Crippen LogP contribution in [-0.4, -0.2) is 42.4 Å². The van der Waals surface area contributed by atoms with E-state index in [2.05, 4.69) is 21.2 Å². The van der Waals surface area contributed by atoms with E-state index in [0.717, 1.165) is 6.07 Å². The van der Waals surface area contributed by atoms with Crippen molar-refractivity contribution in [3.8, 4) is 11.8 Å². The van der Waals surface area contributed by atoms with Crippen LogP contribution >= 0.6 is 15.9 Å². The van der Waals surface area contributed by atoms with Crippen LogP contribution in [-0.2, 0) is 0 Å². The molecular formula is C13H13BrF3N3O. The zero-order valence-corrected chi connectivity index (χ0v) is 12.5. The molecule has 1 fully saturated rings. The smallest absolute Gasteiger partial charge is 0.408 e. The molecule has 1 atom stereocenters. The number of nitriles is 1. The van der Waals surface area contributed by atoms with Crippen LogP contribution in [0.15, 0.2) is 16.6 Å². The molecule has 0 unspecified atom stereocenters. The molecule has 1 heterocycles. The molecule has 0 amide bonds. The minimum atomic E-state index is -4.54. The maximum absolute atomic E-state index is 13.5. The van der Waals surface area contributed by atoms with Gasteiger partial charge in [-0.15, -0.1) is 0 Å². The number of phenolic OH excluding ortho intramolecular Hbond substituents is 1. The second kappa shape index (κ2) is 6.22. The first-order valence-electron chi connectivity index (χ1n) is 6.28. The van der Waals surface area contributed by atoms with Gasteiger partial charge in [0.1, 0.15) is 11.8 Å². The number of nitrogens with zero attached hydrogens (tertiary/aromatic N) is 2. The van der Waals surface area contributed by atoms with Gasteiger partial charge in [-0.25, -0.2) is 0 Å². The third-order valence-electron chi connectivity index (χ3n) is 3.34. The highest BCUT2D eigenvalue weighted by Gasteiger charge is 2.46. The molecule has 21 heavy (non-hydrogen) atoms. The van der Waals surface area contributed by atoms with Gasteiger partial charge in [-0.3, -0.25) is 4.90 Å². The Morgan fingerprint density at radius 3 is 2.48 bits per heavy atom. The highest BCUT2D eigenvalue weighted by Crippen LogP contribution is 2.44. The Kier molecular flexibility index (Phi) is 4.76. The number of rotatable bonds is 2. The molecule has 0 radical (unpaired) electrons. The molecule has 1 aromatic carbocycles. The molecule has 8 heteroatoms. The number of nitrogens with one attached hydrogen (secondary N) is 1. The molecule has 0 aliphatic carbocycles. The van der Waals surface area contributed by atoms with Crippen LogP contribution in [0.1, 0.15) is 17.2 Å². The van der Waals surface area contributed by atoms with Crippen molar-refractivity contribution in [3.63, 3.8) is 0 Å². The summed E-state index contributed by atoms with van der Waals surface area (Å²) in [7, 11) is 0. The molecule has 1 aromatic rings. The van der Waals surface area contributed by atoms with E-state index >= 15 is 0 Å². The molecule has 114 valence electrons. The molecule has 0 saturated carbocycles. The van der Waals surface area contributed by atoms with Crippen LogP contribution in [0.3, 0.4) is 0 Å². The number of aromatic hydroxyl groups is 1. The fourth-order valence-corrected chi connectivity index (χ4v) is 2.89. The van der Waals surface area contributed by atoms with Gasteiger partial charge in [0.05, 0.1) is 16.1 Å². The van der Waals surface area contributed by atoms with Gasteiger partial charge in [-0.05, 0) is 28.1 Å². The number of hydrogen-bond donors (Lipinski definition) is 2. The van der Waals surface area contributed by atoms with E-state index in [-0.39, 0.29) is 28.7 Å². The number of halogens is 4. The van der Waals surface area contributed by atoms with Gasteiger partial charge in [-0.1, -0.05) is 0 Å². The summed E-state index contributed by atoms with van der Waals surface area (Å²) in [6.07, 6.45) is -4.54. The minimum absolute atomic E-state index is 0.0686. The topological polar surface area (TPSA) is 59.3 Å². The molecule has 1 aliphatic rings. The van der Waals surface area contributed by atoms with E-state index in [1.54, 1.807) is 6.07 Å². The van der Waals surface area contributed by atoms with Gasteiger partial charge in [0.2, 0.25) is 0 Å². The Morgan fingerprint density at radius 2 is 1.95 bits per heavy atom. The number of alkyl halides is 3. The normalized spacial score (nSPS) is 18.2. The van der Waals surface area contributed by atoms with Crippen LogP contribution in [0.4, 0.5) is 13.2 Å². The first-order valence-corrected chi connectivity index (χ1v) is 7.08.